The normalized spacial score (nSPS) is 11.8. The first-order valence-corrected chi connectivity index (χ1v) is 9.62. The van der Waals surface area contributed by atoms with Crippen LogP contribution in [0.25, 0.3) is 0 Å². The van der Waals surface area contributed by atoms with E-state index in [0.29, 0.717) is 11.0 Å². The molecule has 7 heteroatoms. The Hall–Kier alpha value is -2.80. The number of hydrogen-bond acceptors (Lipinski definition) is 5. The molecular weight excluding hydrogens is 360 g/mol. The summed E-state index contributed by atoms with van der Waals surface area (Å²) in [5.74, 6) is 1.66. The third kappa shape index (κ3) is 5.10. The third-order valence-electron chi connectivity index (χ3n) is 3.96. The minimum atomic E-state index is -0.249. The predicted molar refractivity (Wildman–Crippen MR) is 107 cm³/mol. The van der Waals surface area contributed by atoms with Gasteiger partial charge in [-0.3, -0.25) is 4.79 Å². The average Bonchev–Trinajstić information content (AvgIpc) is 3.03. The molecule has 0 spiro atoms. The summed E-state index contributed by atoms with van der Waals surface area (Å²) in [6, 6.07) is 17.3. The molecule has 140 valence electrons. The molecule has 2 aromatic carbocycles. The van der Waals surface area contributed by atoms with E-state index in [9.17, 15) is 4.79 Å². The smallest absolute Gasteiger partial charge is 0.234 e. The number of nitrogens with zero attached hydrogens (tertiary/aromatic N) is 3. The van der Waals surface area contributed by atoms with Crippen molar-refractivity contribution < 1.29 is 9.53 Å². The summed E-state index contributed by atoms with van der Waals surface area (Å²) < 4.78 is 7.76. The van der Waals surface area contributed by atoms with Gasteiger partial charge in [0.05, 0.1) is 5.75 Å². The number of carbonyl (C=O) groups is 1. The number of carbonyl (C=O) groups excluding carboxylic acids is 1. The highest BCUT2D eigenvalue weighted by Crippen LogP contribution is 2.23. The fourth-order valence-corrected chi connectivity index (χ4v) is 3.24. The van der Waals surface area contributed by atoms with Crippen molar-refractivity contribution >= 4 is 23.4 Å². The van der Waals surface area contributed by atoms with E-state index in [0.717, 1.165) is 17.0 Å². The standard InChI is InChI=1S/C20H22N4O2S/c1-14-9-11-16(12-10-14)21-18(25)13-27-20-23-22-19(24(20)3)15(2)26-17-7-5-4-6-8-17/h4-12,15H,13H2,1-3H3,(H,21,25)/t15-/m0/s1. The van der Waals surface area contributed by atoms with Crippen LogP contribution >= 0.6 is 11.8 Å². The molecule has 6 nitrogen and oxygen atoms in total. The second-order valence-corrected chi connectivity index (χ2v) is 7.12. The number of rotatable bonds is 7. The summed E-state index contributed by atoms with van der Waals surface area (Å²) >= 11 is 1.34. The van der Waals surface area contributed by atoms with Crippen molar-refractivity contribution in [1.29, 1.82) is 0 Å². The largest absolute Gasteiger partial charge is 0.483 e. The maximum atomic E-state index is 12.1. The predicted octanol–water partition coefficient (Wildman–Crippen LogP) is 3.99. The van der Waals surface area contributed by atoms with Crippen LogP contribution in [0, 0.1) is 6.92 Å². The molecule has 0 aliphatic rings. The van der Waals surface area contributed by atoms with Gasteiger partial charge in [-0.05, 0) is 38.1 Å². The molecule has 0 saturated carbocycles. The molecule has 0 unspecified atom stereocenters. The maximum absolute atomic E-state index is 12.1. The lowest BCUT2D eigenvalue weighted by Crippen LogP contribution is -2.14. The van der Waals surface area contributed by atoms with Gasteiger partial charge < -0.3 is 14.6 Å². The minimum absolute atomic E-state index is 0.0815. The molecule has 0 bridgehead atoms. The van der Waals surface area contributed by atoms with Crippen molar-refractivity contribution in [2.24, 2.45) is 7.05 Å². The monoisotopic (exact) mass is 382 g/mol. The van der Waals surface area contributed by atoms with Crippen LogP contribution in [-0.2, 0) is 11.8 Å². The van der Waals surface area contributed by atoms with Crippen molar-refractivity contribution in [2.75, 3.05) is 11.1 Å². The van der Waals surface area contributed by atoms with Crippen LogP contribution in [-0.4, -0.2) is 26.4 Å². The molecule has 3 rings (SSSR count). The Bertz CT molecular complexity index is 894. The van der Waals surface area contributed by atoms with Crippen LogP contribution in [0.4, 0.5) is 5.69 Å². The first kappa shape index (κ1) is 19.0. The highest BCUT2D eigenvalue weighted by atomic mass is 32.2. The Morgan fingerprint density at radius 2 is 1.85 bits per heavy atom. The van der Waals surface area contributed by atoms with Crippen LogP contribution in [0.15, 0.2) is 59.8 Å². The summed E-state index contributed by atoms with van der Waals surface area (Å²) in [6.45, 7) is 3.94. The summed E-state index contributed by atoms with van der Waals surface area (Å²) in [4.78, 5) is 12.1. The van der Waals surface area contributed by atoms with E-state index >= 15 is 0 Å². The van der Waals surface area contributed by atoms with Crippen LogP contribution in [0.5, 0.6) is 5.75 Å². The number of hydrogen-bond donors (Lipinski definition) is 1. The first-order valence-electron chi connectivity index (χ1n) is 8.63. The number of para-hydroxylation sites is 1. The van der Waals surface area contributed by atoms with Gasteiger partial charge in [0.1, 0.15) is 5.75 Å². The Kier molecular flexibility index (Phi) is 6.13. The van der Waals surface area contributed by atoms with E-state index in [1.807, 2.05) is 80.1 Å². The molecule has 0 radical (unpaired) electrons. The lowest BCUT2D eigenvalue weighted by atomic mass is 10.2. The van der Waals surface area contributed by atoms with Crippen LogP contribution in [0.3, 0.4) is 0 Å². The highest BCUT2D eigenvalue weighted by Gasteiger charge is 2.18. The van der Waals surface area contributed by atoms with E-state index in [4.69, 9.17) is 4.74 Å². The molecule has 0 fully saturated rings. The average molecular weight is 382 g/mol. The van der Waals surface area contributed by atoms with Crippen molar-refractivity contribution in [3.8, 4) is 5.75 Å². The zero-order chi connectivity index (χ0) is 19.2. The Morgan fingerprint density at radius 3 is 2.56 bits per heavy atom. The van der Waals surface area contributed by atoms with Gasteiger partial charge >= 0.3 is 0 Å². The molecule has 1 atom stereocenters. The molecule has 0 aliphatic heterocycles. The number of nitrogens with one attached hydrogen (secondary N) is 1. The summed E-state index contributed by atoms with van der Waals surface area (Å²) in [7, 11) is 1.88. The molecule has 0 saturated heterocycles. The molecule has 1 amide bonds. The second-order valence-electron chi connectivity index (χ2n) is 6.18. The van der Waals surface area contributed by atoms with E-state index in [-0.39, 0.29) is 17.8 Å². The number of ether oxygens (including phenoxy) is 1. The molecule has 0 aliphatic carbocycles. The van der Waals surface area contributed by atoms with E-state index in [1.165, 1.54) is 11.8 Å². The molecular formula is C20H22N4O2S. The van der Waals surface area contributed by atoms with E-state index < -0.39 is 0 Å². The molecule has 27 heavy (non-hydrogen) atoms. The quantitative estimate of drug-likeness (QED) is 0.626. The van der Waals surface area contributed by atoms with Crippen molar-refractivity contribution in [1.82, 2.24) is 14.8 Å². The van der Waals surface area contributed by atoms with Crippen LogP contribution in [0.2, 0.25) is 0 Å². The van der Waals surface area contributed by atoms with E-state index in [1.54, 1.807) is 0 Å². The molecule has 1 aromatic heterocycles. The molecule has 3 aromatic rings. The lowest BCUT2D eigenvalue weighted by molar-refractivity contribution is -0.113. The van der Waals surface area contributed by atoms with Gasteiger partial charge in [0.25, 0.3) is 0 Å². The van der Waals surface area contributed by atoms with Gasteiger partial charge in [0, 0.05) is 12.7 Å². The fraction of sp³-hybridized carbons (Fsp3) is 0.250. The minimum Gasteiger partial charge on any atom is -0.483 e. The number of thioether (sulfide) groups is 1. The van der Waals surface area contributed by atoms with Crippen LogP contribution < -0.4 is 10.1 Å². The zero-order valence-corrected chi connectivity index (χ0v) is 16.4. The zero-order valence-electron chi connectivity index (χ0n) is 15.5. The van der Waals surface area contributed by atoms with Gasteiger partial charge in [-0.15, -0.1) is 10.2 Å². The number of aryl methyl sites for hydroxylation is 1. The first-order chi connectivity index (χ1) is 13.0. The van der Waals surface area contributed by atoms with Gasteiger partial charge in [0.15, 0.2) is 17.1 Å². The van der Waals surface area contributed by atoms with Gasteiger partial charge in [0.2, 0.25) is 5.91 Å². The Labute approximate surface area is 163 Å². The number of amides is 1. The number of benzene rings is 2. The van der Waals surface area contributed by atoms with E-state index in [2.05, 4.69) is 15.5 Å². The lowest BCUT2D eigenvalue weighted by Gasteiger charge is -2.14. The van der Waals surface area contributed by atoms with Crippen molar-refractivity contribution in [3.63, 3.8) is 0 Å². The highest BCUT2D eigenvalue weighted by molar-refractivity contribution is 7.99. The van der Waals surface area contributed by atoms with Gasteiger partial charge in [-0.2, -0.15) is 0 Å². The van der Waals surface area contributed by atoms with Gasteiger partial charge in [-0.25, -0.2) is 0 Å². The van der Waals surface area contributed by atoms with Crippen LogP contribution in [0.1, 0.15) is 24.4 Å². The van der Waals surface area contributed by atoms with Crippen molar-refractivity contribution in [3.05, 3.63) is 66.0 Å². The summed E-state index contributed by atoms with van der Waals surface area (Å²) in [5.41, 5.74) is 1.94. The third-order valence-corrected chi connectivity index (χ3v) is 4.98. The number of aromatic nitrogens is 3. The van der Waals surface area contributed by atoms with Gasteiger partial charge in [-0.1, -0.05) is 47.7 Å². The maximum Gasteiger partial charge on any atom is 0.234 e. The topological polar surface area (TPSA) is 69.0 Å². The number of anilines is 1. The Balaban J connectivity index is 1.56. The summed E-state index contributed by atoms with van der Waals surface area (Å²) in [5, 5.41) is 12.0. The Morgan fingerprint density at radius 1 is 1.15 bits per heavy atom. The molecule has 1 heterocycles. The molecule has 1 N–H and O–H groups in total. The fourth-order valence-electron chi connectivity index (χ4n) is 2.53. The SMILES string of the molecule is Cc1ccc(NC(=O)CSc2nnc([C@H](C)Oc3ccccc3)n2C)cc1. The van der Waals surface area contributed by atoms with Crippen molar-refractivity contribution in [2.45, 2.75) is 25.1 Å². The summed E-state index contributed by atoms with van der Waals surface area (Å²) in [6.07, 6.45) is -0.249. The second kappa shape index (κ2) is 8.73.